The number of nitrogens with zero attached hydrogens (tertiary/aromatic N) is 6. The number of hydrogen-bond donors (Lipinski definition) is 2. The van der Waals surface area contributed by atoms with Crippen LogP contribution in [-0.2, 0) is 31.4 Å². The van der Waals surface area contributed by atoms with Crippen LogP contribution in [0.15, 0.2) is 127 Å². The molecule has 498 valence electrons. The van der Waals surface area contributed by atoms with E-state index in [1.807, 2.05) is 71.0 Å². The predicted molar refractivity (Wildman–Crippen MR) is 399 cm³/mol. The van der Waals surface area contributed by atoms with E-state index in [0.29, 0.717) is 12.0 Å². The van der Waals surface area contributed by atoms with Crippen molar-refractivity contribution in [2.45, 2.75) is 138 Å². The number of halogens is 4. The van der Waals surface area contributed by atoms with Crippen LogP contribution in [-0.4, -0.2) is 92.9 Å². The summed E-state index contributed by atoms with van der Waals surface area (Å²) < 4.78 is 2.21. The van der Waals surface area contributed by atoms with Crippen LogP contribution >= 0.6 is 72.7 Å². The maximum atomic E-state index is 12.5. The van der Waals surface area contributed by atoms with Crippen molar-refractivity contribution < 1.29 is 24.4 Å². The number of benzene rings is 7. The van der Waals surface area contributed by atoms with Crippen molar-refractivity contribution in [3.8, 4) is 0 Å². The van der Waals surface area contributed by atoms with E-state index in [1.54, 1.807) is 48.5 Å². The number of aryl methyl sites for hydroxylation is 8. The van der Waals surface area contributed by atoms with Gasteiger partial charge in [-0.2, -0.15) is 0 Å². The molecule has 0 atom stereocenters. The fourth-order valence-corrected chi connectivity index (χ4v) is 12.4. The molecule has 4 heterocycles. The van der Waals surface area contributed by atoms with Crippen molar-refractivity contribution in [2.75, 3.05) is 58.1 Å². The minimum absolute atomic E-state index is 0.150. The lowest BCUT2D eigenvalue weighted by Gasteiger charge is -2.17. The smallest absolute Gasteiger partial charge is 0.269 e. The molecule has 4 saturated heterocycles. The summed E-state index contributed by atoms with van der Waals surface area (Å²) >= 11 is 13.0. The largest absolute Gasteiger partial charge is 0.399 e. The Bertz CT molecular complexity index is 3560. The Hall–Kier alpha value is -6.05. The topological polar surface area (TPSA) is 211 Å². The average molecular weight is 1580 g/mol. The SMILES string of the molecule is C1CCNC1.Cc1cc(N)ccc1CN1CCCC1.Cc1cc([N+](=O)[O-])ccc1CBr.Cc1cc([N+](=O)[O-])ccc1CN1CCCC1.Cc1ccc(C(=O)Cc2ccc(CN3CCCC3)c(C)c2)cc1I.Cc1ccc(C(=O)Cl)cc1I.Cc1ccc([N+](=O)[O-])cc1C. The summed E-state index contributed by atoms with van der Waals surface area (Å²) in [5.74, 6) is 0.194. The molecule has 4 fully saturated rings. The zero-order chi connectivity index (χ0) is 68.1. The number of likely N-dealkylation sites (tertiary alicyclic amines) is 3. The molecule has 11 rings (SSSR count). The highest BCUT2D eigenvalue weighted by atomic mass is 127. The van der Waals surface area contributed by atoms with Crippen molar-refractivity contribution in [1.82, 2.24) is 20.0 Å². The number of Topliss-reactive ketones (excluding diaryl/α,β-unsaturated/α-hetero) is 1. The monoisotopic (exact) mass is 1570 g/mol. The van der Waals surface area contributed by atoms with Crippen LogP contribution in [0.1, 0.15) is 144 Å². The molecule has 0 radical (unpaired) electrons. The van der Waals surface area contributed by atoms with Crippen LogP contribution in [0.3, 0.4) is 0 Å². The minimum Gasteiger partial charge on any atom is -0.399 e. The highest BCUT2D eigenvalue weighted by Crippen LogP contribution is 2.25. The maximum absolute atomic E-state index is 12.5. The van der Waals surface area contributed by atoms with Crippen molar-refractivity contribution in [2.24, 2.45) is 0 Å². The number of hydrogen-bond acceptors (Lipinski definition) is 13. The van der Waals surface area contributed by atoms with Gasteiger partial charge in [0.2, 0.25) is 0 Å². The maximum Gasteiger partial charge on any atom is 0.269 e. The summed E-state index contributed by atoms with van der Waals surface area (Å²) in [6, 6.07) is 38.9. The lowest BCUT2D eigenvalue weighted by Crippen LogP contribution is -2.19. The molecule has 3 N–H and O–H groups in total. The van der Waals surface area contributed by atoms with Gasteiger partial charge in [-0.1, -0.05) is 76.6 Å². The van der Waals surface area contributed by atoms with Crippen molar-refractivity contribution >= 4 is 106 Å². The first-order valence-electron chi connectivity index (χ1n) is 31.6. The van der Waals surface area contributed by atoms with Crippen molar-refractivity contribution in [3.63, 3.8) is 0 Å². The van der Waals surface area contributed by atoms with Crippen molar-refractivity contribution in [3.05, 3.63) is 248 Å². The van der Waals surface area contributed by atoms with E-state index in [-0.39, 0.29) is 37.6 Å². The van der Waals surface area contributed by atoms with E-state index in [2.05, 4.69) is 132 Å². The number of carbonyl (C=O) groups excluding carboxylic acids is 2. The molecule has 7 aromatic carbocycles. The van der Waals surface area contributed by atoms with Gasteiger partial charge >= 0.3 is 0 Å². The number of carbonyl (C=O) groups is 2. The van der Waals surface area contributed by atoms with Gasteiger partial charge in [0, 0.05) is 91.7 Å². The van der Waals surface area contributed by atoms with Gasteiger partial charge in [-0.25, -0.2) is 0 Å². The molecule has 20 heteroatoms. The van der Waals surface area contributed by atoms with Crippen molar-refractivity contribution in [1.29, 1.82) is 0 Å². The molecule has 7 aromatic rings. The summed E-state index contributed by atoms with van der Waals surface area (Å²) in [5.41, 5.74) is 23.6. The number of anilines is 1. The second-order valence-electron chi connectivity index (χ2n) is 24.1. The number of nitro groups is 3. The zero-order valence-corrected chi connectivity index (χ0v) is 61.7. The Morgan fingerprint density at radius 3 is 1.19 bits per heavy atom. The van der Waals surface area contributed by atoms with Crippen LogP contribution in [0.5, 0.6) is 0 Å². The van der Waals surface area contributed by atoms with Crippen LogP contribution in [0.4, 0.5) is 22.7 Å². The third-order valence-corrected chi connectivity index (χ3v) is 19.8. The summed E-state index contributed by atoms with van der Waals surface area (Å²) in [5, 5.41) is 34.8. The minimum atomic E-state index is -0.400. The van der Waals surface area contributed by atoms with E-state index in [4.69, 9.17) is 17.3 Å². The van der Waals surface area contributed by atoms with Gasteiger partial charge in [0.05, 0.1) is 14.8 Å². The summed E-state index contributed by atoms with van der Waals surface area (Å²) in [4.78, 5) is 60.8. The molecular formula is C73H90BrClI2N8O8. The number of non-ortho nitro benzene ring substituents is 3. The van der Waals surface area contributed by atoms with Gasteiger partial charge in [0.15, 0.2) is 5.78 Å². The van der Waals surface area contributed by atoms with E-state index < -0.39 is 5.24 Å². The Morgan fingerprint density at radius 2 is 0.828 bits per heavy atom. The van der Waals surface area contributed by atoms with Gasteiger partial charge < -0.3 is 11.1 Å². The molecule has 93 heavy (non-hydrogen) atoms. The summed E-state index contributed by atoms with van der Waals surface area (Å²) in [6.07, 6.45) is 11.1. The number of ketones is 1. The molecule has 4 aliphatic heterocycles. The Kier molecular flexibility index (Phi) is 33.7. The third kappa shape index (κ3) is 27.3. The first-order valence-corrected chi connectivity index (χ1v) is 35.3. The first kappa shape index (κ1) is 77.7. The first-order chi connectivity index (χ1) is 44.3. The molecule has 0 aliphatic carbocycles. The molecule has 0 aromatic heterocycles. The molecule has 0 saturated carbocycles. The summed E-state index contributed by atoms with van der Waals surface area (Å²) in [7, 11) is 0. The Labute approximate surface area is 590 Å². The molecule has 0 spiro atoms. The Balaban J connectivity index is 0.000000204. The lowest BCUT2D eigenvalue weighted by atomic mass is 9.98. The number of nitro benzene ring substituents is 3. The number of nitrogen functional groups attached to an aromatic ring is 1. The molecule has 0 amide bonds. The van der Waals surface area contributed by atoms with E-state index in [0.717, 1.165) is 95.4 Å². The predicted octanol–water partition coefficient (Wildman–Crippen LogP) is 18.0. The second kappa shape index (κ2) is 40.4. The van der Waals surface area contributed by atoms with Crippen LogP contribution in [0.2, 0.25) is 0 Å². The number of nitrogens with two attached hydrogens (primary N) is 1. The van der Waals surface area contributed by atoms with Gasteiger partial charge in [-0.05, 0) is 319 Å². The Morgan fingerprint density at radius 1 is 0.462 bits per heavy atom. The second-order valence-corrected chi connectivity index (χ2v) is 27.3. The van der Waals surface area contributed by atoms with Crippen LogP contribution in [0.25, 0.3) is 0 Å². The zero-order valence-electron chi connectivity index (χ0n) is 55.0. The standard InChI is InChI=1S/C21H24INO.C12H16N2O2.C12H18N2.C8H8BrNO2.C8H6ClIO.C8H9NO2.C4H9N/c1-15-5-7-18(13-20(15)22)21(24)12-17-6-8-19(16(2)11-17)14-23-9-3-4-10-23;1-10-8-12(14(15)16)5-4-11(10)9-13-6-2-3-7-13;1-10-8-12(13)5-4-11(10)9-14-6-2-3-7-14;1-6-4-8(10(11)12)3-2-7(6)5-9;1-5-2-3-6(8(9)11)4-7(5)10;1-6-3-4-8(9(10)11)5-7(6)2;1-2-4-5-3-1/h5-8,11,13H,3-4,9-10,12,14H2,1-2H3;4-5,8H,2-3,6-7,9H2,1H3;4-5,8H,2-3,6-7,9,13H2,1H3;2-4H,5H2,1H3;2-4H,1H3;3-5H,1-2H3;5H,1-4H2. The van der Waals surface area contributed by atoms with Gasteiger partial charge in [0.25, 0.3) is 22.3 Å². The van der Waals surface area contributed by atoms with Crippen LogP contribution in [0, 0.1) is 92.9 Å². The number of nitrogens with one attached hydrogen (secondary N) is 1. The number of alkyl halides is 1. The van der Waals surface area contributed by atoms with Crippen LogP contribution < -0.4 is 11.1 Å². The fourth-order valence-electron chi connectivity index (χ4n) is 10.6. The molecule has 0 bridgehead atoms. The number of rotatable bonds is 14. The molecule has 16 nitrogen and oxygen atoms in total. The summed E-state index contributed by atoms with van der Waals surface area (Å²) in [6.45, 7) is 28.7. The highest BCUT2D eigenvalue weighted by molar-refractivity contribution is 14.1. The van der Waals surface area contributed by atoms with Gasteiger partial charge in [-0.15, -0.1) is 0 Å². The molecule has 4 aliphatic rings. The highest BCUT2D eigenvalue weighted by Gasteiger charge is 2.18. The van der Waals surface area contributed by atoms with E-state index in [9.17, 15) is 39.9 Å². The normalized spacial score (nSPS) is 14.2. The fraction of sp³-hybridized carbons (Fsp3) is 0.397. The van der Waals surface area contributed by atoms with Gasteiger partial charge in [0.1, 0.15) is 0 Å². The van der Waals surface area contributed by atoms with E-state index >= 15 is 0 Å². The quantitative estimate of drug-likeness (QED) is 0.0198. The molecular weight excluding hydrogens is 1490 g/mol. The molecule has 0 unspecified atom stereocenters. The average Bonchev–Trinajstić information content (AvgIpc) is 3.34. The third-order valence-electron chi connectivity index (χ3n) is 16.7. The lowest BCUT2D eigenvalue weighted by molar-refractivity contribution is -0.385. The van der Waals surface area contributed by atoms with Gasteiger partial charge in [-0.3, -0.25) is 54.6 Å². The van der Waals surface area contributed by atoms with E-state index in [1.165, 1.54) is 136 Å².